The maximum atomic E-state index is 12.8. The average Bonchev–Trinajstić information content (AvgIpc) is 3.44. The van der Waals surface area contributed by atoms with E-state index in [-0.39, 0.29) is 5.69 Å². The van der Waals surface area contributed by atoms with Gasteiger partial charge in [-0.3, -0.25) is 14.1 Å². The normalized spacial score (nSPS) is 11.2. The standard InChI is InChI=1S/C23H27N7O/c1-3-5-6-8-19-16-29(4-2)23(31)30(19)15-17-10-12-18(13-11-17)21-20(9-7-14-24-21)22-25-27-28-26-22/h7,9-14,16H,3-6,8,15H2,1-2H3,(H,25,26,27,28). The predicted octanol–water partition coefficient (Wildman–Crippen LogP) is 3.69. The van der Waals surface area contributed by atoms with Crippen molar-refractivity contribution in [1.29, 1.82) is 0 Å². The molecule has 1 N–H and O–H groups in total. The summed E-state index contributed by atoms with van der Waals surface area (Å²) in [7, 11) is 0. The van der Waals surface area contributed by atoms with E-state index in [0.29, 0.717) is 18.9 Å². The molecule has 0 amide bonds. The van der Waals surface area contributed by atoms with Gasteiger partial charge in [0.25, 0.3) is 0 Å². The minimum Gasteiger partial charge on any atom is -0.299 e. The lowest BCUT2D eigenvalue weighted by Gasteiger charge is -2.09. The number of hydrogen-bond acceptors (Lipinski definition) is 5. The van der Waals surface area contributed by atoms with Crippen LogP contribution in [0.25, 0.3) is 22.6 Å². The number of benzene rings is 1. The Morgan fingerprint density at radius 1 is 1.06 bits per heavy atom. The molecule has 8 heteroatoms. The van der Waals surface area contributed by atoms with Crippen LogP contribution in [0.2, 0.25) is 0 Å². The van der Waals surface area contributed by atoms with Crippen LogP contribution < -0.4 is 5.69 Å². The molecule has 3 heterocycles. The molecule has 0 unspecified atom stereocenters. The second kappa shape index (κ2) is 9.51. The number of tetrazole rings is 1. The minimum absolute atomic E-state index is 0.0582. The highest BCUT2D eigenvalue weighted by Gasteiger charge is 2.13. The summed E-state index contributed by atoms with van der Waals surface area (Å²) in [6.45, 7) is 5.45. The first kappa shape index (κ1) is 20.7. The van der Waals surface area contributed by atoms with Gasteiger partial charge < -0.3 is 0 Å². The Kier molecular flexibility index (Phi) is 6.35. The van der Waals surface area contributed by atoms with Gasteiger partial charge in [0, 0.05) is 35.8 Å². The molecule has 1 aromatic carbocycles. The Hall–Kier alpha value is -3.55. The van der Waals surface area contributed by atoms with Gasteiger partial charge in [-0.15, -0.1) is 5.10 Å². The van der Waals surface area contributed by atoms with Gasteiger partial charge in [-0.1, -0.05) is 44.0 Å². The van der Waals surface area contributed by atoms with Crippen molar-refractivity contribution in [2.45, 2.75) is 52.6 Å². The molecule has 31 heavy (non-hydrogen) atoms. The minimum atomic E-state index is 0.0582. The number of aryl methyl sites for hydroxylation is 2. The lowest BCUT2D eigenvalue weighted by molar-refractivity contribution is 0.638. The number of nitrogens with zero attached hydrogens (tertiary/aromatic N) is 6. The van der Waals surface area contributed by atoms with E-state index in [4.69, 9.17) is 0 Å². The van der Waals surface area contributed by atoms with Crippen LogP contribution in [-0.2, 0) is 19.5 Å². The van der Waals surface area contributed by atoms with E-state index in [0.717, 1.165) is 40.9 Å². The van der Waals surface area contributed by atoms with E-state index in [1.807, 2.05) is 42.0 Å². The first-order chi connectivity index (χ1) is 15.2. The summed E-state index contributed by atoms with van der Waals surface area (Å²) in [5.74, 6) is 0.580. The van der Waals surface area contributed by atoms with Gasteiger partial charge in [0.15, 0.2) is 5.82 Å². The molecule has 160 valence electrons. The molecule has 0 spiro atoms. The van der Waals surface area contributed by atoms with Crippen molar-refractivity contribution in [3.8, 4) is 22.6 Å². The van der Waals surface area contributed by atoms with Crippen LogP contribution in [0, 0.1) is 0 Å². The molecular formula is C23H27N7O. The number of H-pyrrole nitrogens is 1. The maximum absolute atomic E-state index is 12.8. The molecule has 0 saturated heterocycles. The van der Waals surface area contributed by atoms with Crippen molar-refractivity contribution in [3.63, 3.8) is 0 Å². The monoisotopic (exact) mass is 417 g/mol. The third-order valence-electron chi connectivity index (χ3n) is 5.48. The molecular weight excluding hydrogens is 390 g/mol. The van der Waals surface area contributed by atoms with Crippen molar-refractivity contribution in [1.82, 2.24) is 34.7 Å². The number of aromatic amines is 1. The van der Waals surface area contributed by atoms with E-state index >= 15 is 0 Å². The molecule has 0 aliphatic carbocycles. The summed E-state index contributed by atoms with van der Waals surface area (Å²) in [6.07, 6.45) is 8.13. The zero-order valence-corrected chi connectivity index (χ0v) is 18.0. The molecule has 3 aromatic heterocycles. The van der Waals surface area contributed by atoms with E-state index < -0.39 is 0 Å². The van der Waals surface area contributed by atoms with E-state index in [1.165, 1.54) is 12.8 Å². The molecule has 0 fully saturated rings. The lowest BCUT2D eigenvalue weighted by atomic mass is 10.0. The van der Waals surface area contributed by atoms with Gasteiger partial charge in [-0.05, 0) is 47.9 Å². The van der Waals surface area contributed by atoms with Gasteiger partial charge >= 0.3 is 5.69 Å². The fraction of sp³-hybridized carbons (Fsp3) is 0.348. The number of pyridine rings is 1. The molecule has 0 saturated carbocycles. The summed E-state index contributed by atoms with van der Waals surface area (Å²) in [4.78, 5) is 17.3. The van der Waals surface area contributed by atoms with Crippen molar-refractivity contribution in [3.05, 3.63) is 70.5 Å². The fourth-order valence-corrected chi connectivity index (χ4v) is 3.78. The molecule has 0 radical (unpaired) electrons. The van der Waals surface area contributed by atoms with Crippen molar-refractivity contribution in [2.24, 2.45) is 0 Å². The van der Waals surface area contributed by atoms with Crippen LogP contribution in [0.5, 0.6) is 0 Å². The van der Waals surface area contributed by atoms with E-state index in [1.54, 1.807) is 10.8 Å². The second-order valence-electron chi connectivity index (χ2n) is 7.58. The highest BCUT2D eigenvalue weighted by Crippen LogP contribution is 2.27. The maximum Gasteiger partial charge on any atom is 0.328 e. The van der Waals surface area contributed by atoms with Crippen LogP contribution in [0.15, 0.2) is 53.6 Å². The topological polar surface area (TPSA) is 94.3 Å². The summed E-state index contributed by atoms with van der Waals surface area (Å²) >= 11 is 0. The van der Waals surface area contributed by atoms with Gasteiger partial charge in [-0.2, -0.15) is 0 Å². The average molecular weight is 418 g/mol. The van der Waals surface area contributed by atoms with E-state index in [9.17, 15) is 4.79 Å². The number of rotatable bonds is 9. The summed E-state index contributed by atoms with van der Waals surface area (Å²) in [5, 5.41) is 14.1. The molecule has 0 bridgehead atoms. The van der Waals surface area contributed by atoms with Gasteiger partial charge in [0.05, 0.1) is 12.2 Å². The smallest absolute Gasteiger partial charge is 0.299 e. The molecule has 0 atom stereocenters. The number of imidazole rings is 1. The predicted molar refractivity (Wildman–Crippen MR) is 120 cm³/mol. The Bertz CT molecular complexity index is 1170. The first-order valence-corrected chi connectivity index (χ1v) is 10.8. The second-order valence-corrected chi connectivity index (χ2v) is 7.58. The third kappa shape index (κ3) is 4.47. The number of unbranched alkanes of at least 4 members (excludes halogenated alkanes) is 2. The largest absolute Gasteiger partial charge is 0.328 e. The van der Waals surface area contributed by atoms with Crippen LogP contribution in [-0.4, -0.2) is 34.7 Å². The van der Waals surface area contributed by atoms with Gasteiger partial charge in [0.2, 0.25) is 0 Å². The Morgan fingerprint density at radius 3 is 2.61 bits per heavy atom. The quantitative estimate of drug-likeness (QED) is 0.419. The highest BCUT2D eigenvalue weighted by molar-refractivity contribution is 5.76. The van der Waals surface area contributed by atoms with Crippen LogP contribution in [0.4, 0.5) is 0 Å². The van der Waals surface area contributed by atoms with E-state index in [2.05, 4.69) is 44.7 Å². The summed E-state index contributed by atoms with van der Waals surface area (Å²) in [5.41, 5.74) is 4.86. The van der Waals surface area contributed by atoms with Crippen LogP contribution >= 0.6 is 0 Å². The third-order valence-corrected chi connectivity index (χ3v) is 5.48. The fourth-order valence-electron chi connectivity index (χ4n) is 3.78. The molecule has 4 rings (SSSR count). The van der Waals surface area contributed by atoms with Crippen molar-refractivity contribution in [2.75, 3.05) is 0 Å². The lowest BCUT2D eigenvalue weighted by Crippen LogP contribution is -2.25. The molecule has 0 aliphatic heterocycles. The zero-order valence-electron chi connectivity index (χ0n) is 18.0. The van der Waals surface area contributed by atoms with Crippen molar-refractivity contribution < 1.29 is 0 Å². The molecule has 8 nitrogen and oxygen atoms in total. The molecule has 0 aliphatic rings. The number of nitrogens with one attached hydrogen (secondary N) is 1. The highest BCUT2D eigenvalue weighted by atomic mass is 16.1. The van der Waals surface area contributed by atoms with Gasteiger partial charge in [-0.25, -0.2) is 9.89 Å². The Balaban J connectivity index is 1.60. The van der Waals surface area contributed by atoms with Crippen LogP contribution in [0.1, 0.15) is 44.4 Å². The number of hydrogen-bond donors (Lipinski definition) is 1. The van der Waals surface area contributed by atoms with Crippen LogP contribution in [0.3, 0.4) is 0 Å². The summed E-state index contributed by atoms with van der Waals surface area (Å²) < 4.78 is 3.70. The van der Waals surface area contributed by atoms with Crippen molar-refractivity contribution >= 4 is 0 Å². The Morgan fingerprint density at radius 2 is 1.90 bits per heavy atom. The first-order valence-electron chi connectivity index (χ1n) is 10.8. The van der Waals surface area contributed by atoms with Gasteiger partial charge in [0.1, 0.15) is 0 Å². The SMILES string of the molecule is CCCCCc1cn(CC)c(=O)n1Cc1ccc(-c2ncccc2-c2nnn[nH]2)cc1. The zero-order chi connectivity index (χ0) is 21.6. The number of aromatic nitrogens is 7. The summed E-state index contributed by atoms with van der Waals surface area (Å²) in [6, 6.07) is 12.0. The molecule has 4 aromatic rings. The Labute approximate surface area is 181 Å².